The van der Waals surface area contributed by atoms with Gasteiger partial charge < -0.3 is 10.4 Å². The van der Waals surface area contributed by atoms with E-state index in [0.717, 1.165) is 11.3 Å². The fraction of sp³-hybridized carbons (Fsp3) is 0.357. The van der Waals surface area contributed by atoms with E-state index < -0.39 is 6.10 Å². The van der Waals surface area contributed by atoms with E-state index in [1.165, 1.54) is 0 Å². The molecule has 1 atom stereocenters. The molecule has 0 bridgehead atoms. The summed E-state index contributed by atoms with van der Waals surface area (Å²) in [6.07, 6.45) is 1.12. The van der Waals surface area contributed by atoms with Crippen molar-refractivity contribution in [3.05, 3.63) is 51.3 Å². The summed E-state index contributed by atoms with van der Waals surface area (Å²) in [5, 5.41) is 18.6. The number of aliphatic hydroxyl groups excluding tert-OH is 1. The molecule has 4 nitrogen and oxygen atoms in total. The van der Waals surface area contributed by atoms with Crippen LogP contribution in [0.25, 0.3) is 0 Å². The smallest absolute Gasteiger partial charge is 0.0929 e. The zero-order valence-corrected chi connectivity index (χ0v) is 12.9. The van der Waals surface area contributed by atoms with Gasteiger partial charge in [-0.2, -0.15) is 5.10 Å². The van der Waals surface area contributed by atoms with Crippen LogP contribution in [-0.4, -0.2) is 21.4 Å². The molecular weight excluding hydrogens is 297 g/mol. The van der Waals surface area contributed by atoms with Crippen molar-refractivity contribution in [3.63, 3.8) is 0 Å². The minimum Gasteiger partial charge on any atom is -0.387 e. The minimum atomic E-state index is -0.696. The van der Waals surface area contributed by atoms with Gasteiger partial charge in [-0.25, -0.2) is 0 Å². The summed E-state index contributed by atoms with van der Waals surface area (Å²) in [5.41, 5.74) is 2.85. The maximum Gasteiger partial charge on any atom is 0.0929 e. The molecule has 0 radical (unpaired) electrons. The number of aliphatic hydroxyl groups is 1. The van der Waals surface area contributed by atoms with Gasteiger partial charge in [0.05, 0.1) is 12.3 Å². The Morgan fingerprint density at radius 1 is 1.40 bits per heavy atom. The molecule has 2 N–H and O–H groups in total. The van der Waals surface area contributed by atoms with Gasteiger partial charge in [0.2, 0.25) is 0 Å². The third-order valence-corrected chi connectivity index (χ3v) is 3.89. The van der Waals surface area contributed by atoms with Crippen LogP contribution in [0.2, 0.25) is 10.0 Å². The molecule has 0 saturated carbocycles. The molecule has 0 amide bonds. The number of halogens is 2. The van der Waals surface area contributed by atoms with Crippen molar-refractivity contribution in [2.45, 2.75) is 19.6 Å². The van der Waals surface area contributed by atoms with Gasteiger partial charge in [0.1, 0.15) is 0 Å². The van der Waals surface area contributed by atoms with Gasteiger partial charge >= 0.3 is 0 Å². The largest absolute Gasteiger partial charge is 0.387 e. The summed E-state index contributed by atoms with van der Waals surface area (Å²) >= 11 is 12.0. The van der Waals surface area contributed by atoms with Crippen molar-refractivity contribution < 1.29 is 5.11 Å². The topological polar surface area (TPSA) is 50.1 Å². The third kappa shape index (κ3) is 3.52. The fourth-order valence-electron chi connectivity index (χ4n) is 1.94. The van der Waals surface area contributed by atoms with Gasteiger partial charge in [-0.3, -0.25) is 4.68 Å². The first-order valence-corrected chi connectivity index (χ1v) is 7.06. The Morgan fingerprint density at radius 3 is 2.80 bits per heavy atom. The minimum absolute atomic E-state index is 0.397. The molecule has 0 saturated heterocycles. The van der Waals surface area contributed by atoms with E-state index in [0.29, 0.717) is 28.7 Å². The zero-order valence-electron chi connectivity index (χ0n) is 11.4. The number of aromatic nitrogens is 2. The van der Waals surface area contributed by atoms with Gasteiger partial charge in [0.15, 0.2) is 0 Å². The van der Waals surface area contributed by atoms with Crippen molar-refractivity contribution in [1.29, 1.82) is 0 Å². The SMILES string of the molecule is Cc1c(CNCC(O)c2cc(Cl)ccc2Cl)cnn1C. The van der Waals surface area contributed by atoms with Crippen molar-refractivity contribution in [3.8, 4) is 0 Å². The Morgan fingerprint density at radius 2 is 2.15 bits per heavy atom. The summed E-state index contributed by atoms with van der Waals surface area (Å²) in [6, 6.07) is 5.08. The molecule has 20 heavy (non-hydrogen) atoms. The molecular formula is C14H17Cl2N3O. The van der Waals surface area contributed by atoms with Gasteiger partial charge in [-0.05, 0) is 25.1 Å². The Kier molecular flexibility index (Phi) is 5.05. The van der Waals surface area contributed by atoms with Crippen molar-refractivity contribution in [2.24, 2.45) is 7.05 Å². The van der Waals surface area contributed by atoms with E-state index in [2.05, 4.69) is 10.4 Å². The van der Waals surface area contributed by atoms with E-state index in [-0.39, 0.29) is 0 Å². The molecule has 2 rings (SSSR count). The highest BCUT2D eigenvalue weighted by Gasteiger charge is 2.12. The molecule has 0 aliphatic rings. The second-order valence-corrected chi connectivity index (χ2v) is 5.53. The number of nitrogens with one attached hydrogen (secondary N) is 1. The molecule has 0 aliphatic carbocycles. The lowest BCUT2D eigenvalue weighted by Crippen LogP contribution is -2.21. The summed E-state index contributed by atoms with van der Waals surface area (Å²) < 4.78 is 1.82. The molecule has 1 aromatic carbocycles. The van der Waals surface area contributed by atoms with Gasteiger partial charge in [0, 0.05) is 47.0 Å². The van der Waals surface area contributed by atoms with Crippen LogP contribution in [0.4, 0.5) is 0 Å². The van der Waals surface area contributed by atoms with Gasteiger partial charge in [-0.15, -0.1) is 0 Å². The molecule has 1 heterocycles. The number of hydrogen-bond donors (Lipinski definition) is 2. The molecule has 0 fully saturated rings. The highest BCUT2D eigenvalue weighted by atomic mass is 35.5. The predicted octanol–water partition coefficient (Wildman–Crippen LogP) is 2.86. The number of rotatable bonds is 5. The second-order valence-electron chi connectivity index (χ2n) is 4.69. The summed E-state index contributed by atoms with van der Waals surface area (Å²) in [5.74, 6) is 0. The number of benzene rings is 1. The van der Waals surface area contributed by atoms with Crippen molar-refractivity contribution in [2.75, 3.05) is 6.54 Å². The normalized spacial score (nSPS) is 12.7. The number of hydrogen-bond acceptors (Lipinski definition) is 3. The molecule has 0 aliphatic heterocycles. The van der Waals surface area contributed by atoms with Crippen LogP contribution >= 0.6 is 23.2 Å². The first kappa shape index (κ1) is 15.3. The Hall–Kier alpha value is -1.07. The van der Waals surface area contributed by atoms with Crippen LogP contribution in [0, 0.1) is 6.92 Å². The van der Waals surface area contributed by atoms with Crippen LogP contribution in [0.5, 0.6) is 0 Å². The first-order chi connectivity index (χ1) is 9.49. The van der Waals surface area contributed by atoms with E-state index in [4.69, 9.17) is 23.2 Å². The first-order valence-electron chi connectivity index (χ1n) is 6.30. The van der Waals surface area contributed by atoms with Crippen molar-refractivity contribution >= 4 is 23.2 Å². The molecule has 0 spiro atoms. The number of aryl methyl sites for hydroxylation is 1. The van der Waals surface area contributed by atoms with Crippen LogP contribution in [0.15, 0.2) is 24.4 Å². The molecule has 6 heteroatoms. The number of nitrogens with zero attached hydrogens (tertiary/aromatic N) is 2. The quantitative estimate of drug-likeness (QED) is 0.892. The van der Waals surface area contributed by atoms with E-state index in [1.807, 2.05) is 24.9 Å². The monoisotopic (exact) mass is 313 g/mol. The van der Waals surface area contributed by atoms with Crippen LogP contribution < -0.4 is 5.32 Å². The zero-order chi connectivity index (χ0) is 14.7. The van der Waals surface area contributed by atoms with Gasteiger partial charge in [-0.1, -0.05) is 23.2 Å². The molecule has 1 aromatic heterocycles. The Balaban J connectivity index is 1.94. The lowest BCUT2D eigenvalue weighted by atomic mass is 10.1. The van der Waals surface area contributed by atoms with Crippen LogP contribution in [0.1, 0.15) is 22.9 Å². The summed E-state index contributed by atoms with van der Waals surface area (Å²) in [7, 11) is 1.90. The Bertz CT molecular complexity index is 598. The lowest BCUT2D eigenvalue weighted by molar-refractivity contribution is 0.174. The fourth-order valence-corrected chi connectivity index (χ4v) is 2.37. The van der Waals surface area contributed by atoms with E-state index in [1.54, 1.807) is 18.2 Å². The maximum atomic E-state index is 10.2. The predicted molar refractivity (Wildman–Crippen MR) is 81.1 cm³/mol. The third-order valence-electron chi connectivity index (χ3n) is 3.31. The lowest BCUT2D eigenvalue weighted by Gasteiger charge is -2.14. The molecule has 108 valence electrons. The molecule has 2 aromatic rings. The second kappa shape index (κ2) is 6.59. The van der Waals surface area contributed by atoms with Crippen LogP contribution in [-0.2, 0) is 13.6 Å². The average Bonchev–Trinajstić information content (AvgIpc) is 2.73. The average molecular weight is 314 g/mol. The highest BCUT2D eigenvalue weighted by Crippen LogP contribution is 2.26. The highest BCUT2D eigenvalue weighted by molar-refractivity contribution is 6.33. The van der Waals surface area contributed by atoms with Crippen LogP contribution in [0.3, 0.4) is 0 Å². The molecule has 1 unspecified atom stereocenters. The van der Waals surface area contributed by atoms with E-state index >= 15 is 0 Å². The van der Waals surface area contributed by atoms with E-state index in [9.17, 15) is 5.11 Å². The van der Waals surface area contributed by atoms with Crippen molar-refractivity contribution in [1.82, 2.24) is 15.1 Å². The summed E-state index contributed by atoms with van der Waals surface area (Å²) in [6.45, 7) is 3.05. The standard InChI is InChI=1S/C14H17Cl2N3O/c1-9-10(7-18-19(9)2)6-17-8-14(20)12-5-11(15)3-4-13(12)16/h3-5,7,14,17,20H,6,8H2,1-2H3. The van der Waals surface area contributed by atoms with Gasteiger partial charge in [0.25, 0.3) is 0 Å². The Labute approximate surface area is 128 Å². The maximum absolute atomic E-state index is 10.2. The summed E-state index contributed by atoms with van der Waals surface area (Å²) in [4.78, 5) is 0.